The van der Waals surface area contributed by atoms with E-state index in [1.165, 1.54) is 23.3 Å². The number of rotatable bonds is 5. The Balaban J connectivity index is 1.43. The number of thiophene rings is 1. The average Bonchev–Trinajstić information content (AvgIpc) is 3.05. The fourth-order valence-corrected chi connectivity index (χ4v) is 4.62. The lowest BCUT2D eigenvalue weighted by atomic mass is 10.3. The first-order valence-electron chi connectivity index (χ1n) is 8.34. The molecule has 1 fully saturated rings. The fraction of sp³-hybridized carbons (Fsp3) is 0.278. The summed E-state index contributed by atoms with van der Waals surface area (Å²) in [6.07, 6.45) is 6.59. The van der Waals surface area contributed by atoms with Gasteiger partial charge in [0.05, 0.1) is 10.6 Å². The highest BCUT2D eigenvalue weighted by Crippen LogP contribution is 2.42. The van der Waals surface area contributed by atoms with Crippen molar-refractivity contribution < 1.29 is 0 Å². The zero-order valence-electron chi connectivity index (χ0n) is 13.8. The van der Waals surface area contributed by atoms with Crippen LogP contribution in [0.3, 0.4) is 0 Å². The van der Waals surface area contributed by atoms with Crippen LogP contribution in [0.15, 0.2) is 47.2 Å². The van der Waals surface area contributed by atoms with E-state index < -0.39 is 0 Å². The topological polar surface area (TPSA) is 48.0 Å². The van der Waals surface area contributed by atoms with Gasteiger partial charge in [-0.05, 0) is 42.8 Å². The second-order valence-electron chi connectivity index (χ2n) is 6.33. The molecule has 126 valence electrons. The minimum absolute atomic E-state index is 0.554. The molecule has 4 aromatic rings. The zero-order chi connectivity index (χ0) is 16.8. The SMILES string of the molecule is Cc1cccn2cc(CSc3nnc(-c4cccs4)n3C3CC3)nc12. The molecule has 0 atom stereocenters. The normalized spacial score (nSPS) is 14.4. The monoisotopic (exact) mass is 367 g/mol. The van der Waals surface area contributed by atoms with E-state index >= 15 is 0 Å². The molecular formula is C18H17N5S2. The van der Waals surface area contributed by atoms with Crippen LogP contribution in [0.2, 0.25) is 0 Å². The third kappa shape index (κ3) is 2.77. The summed E-state index contributed by atoms with van der Waals surface area (Å²) in [5, 5.41) is 12.0. The molecule has 0 unspecified atom stereocenters. The van der Waals surface area contributed by atoms with Crippen LogP contribution in [-0.2, 0) is 5.75 Å². The first-order chi connectivity index (χ1) is 12.3. The van der Waals surface area contributed by atoms with E-state index in [0.29, 0.717) is 6.04 Å². The van der Waals surface area contributed by atoms with E-state index in [1.54, 1.807) is 23.1 Å². The Bertz CT molecular complexity index is 1030. The number of hydrogen-bond donors (Lipinski definition) is 0. The van der Waals surface area contributed by atoms with E-state index in [0.717, 1.165) is 28.1 Å². The maximum atomic E-state index is 4.76. The Morgan fingerprint density at radius 3 is 2.92 bits per heavy atom. The van der Waals surface area contributed by atoms with Gasteiger partial charge in [-0.2, -0.15) is 0 Å². The number of imidazole rings is 1. The van der Waals surface area contributed by atoms with Crippen molar-refractivity contribution >= 4 is 28.7 Å². The molecule has 1 saturated carbocycles. The van der Waals surface area contributed by atoms with E-state index in [9.17, 15) is 0 Å². The Morgan fingerprint density at radius 2 is 2.16 bits per heavy atom. The molecule has 0 aromatic carbocycles. The molecule has 0 radical (unpaired) electrons. The molecule has 5 nitrogen and oxygen atoms in total. The molecule has 1 aliphatic rings. The minimum atomic E-state index is 0.554. The summed E-state index contributed by atoms with van der Waals surface area (Å²) >= 11 is 3.45. The van der Waals surface area contributed by atoms with Crippen molar-refractivity contribution in [3.05, 3.63) is 53.3 Å². The van der Waals surface area contributed by atoms with Crippen molar-refractivity contribution in [1.29, 1.82) is 0 Å². The number of pyridine rings is 1. The molecule has 0 bridgehead atoms. The standard InChI is InChI=1S/C18H17N5S2/c1-12-4-2-8-22-10-13(19-16(12)22)11-25-18-21-20-17(15-5-3-9-24-15)23(18)14-6-7-14/h2-5,8-10,14H,6-7,11H2,1H3. The van der Waals surface area contributed by atoms with Gasteiger partial charge >= 0.3 is 0 Å². The molecule has 0 spiro atoms. The lowest BCUT2D eigenvalue weighted by molar-refractivity contribution is 0.670. The Labute approximate surface area is 153 Å². The number of nitrogens with zero attached hydrogens (tertiary/aromatic N) is 5. The summed E-state index contributed by atoms with van der Waals surface area (Å²) in [4.78, 5) is 5.95. The predicted octanol–water partition coefficient (Wildman–Crippen LogP) is 4.59. The summed E-state index contributed by atoms with van der Waals surface area (Å²) in [6, 6.07) is 8.89. The zero-order valence-corrected chi connectivity index (χ0v) is 15.4. The van der Waals surface area contributed by atoms with Gasteiger partial charge in [-0.25, -0.2) is 4.98 Å². The third-order valence-electron chi connectivity index (χ3n) is 4.40. The molecular weight excluding hydrogens is 350 g/mol. The Kier molecular flexibility index (Phi) is 3.64. The molecule has 5 rings (SSSR count). The fourth-order valence-electron chi connectivity index (χ4n) is 3.02. The summed E-state index contributed by atoms with van der Waals surface area (Å²) < 4.78 is 4.41. The molecule has 4 aromatic heterocycles. The second-order valence-corrected chi connectivity index (χ2v) is 8.22. The van der Waals surface area contributed by atoms with Crippen molar-refractivity contribution in [2.24, 2.45) is 0 Å². The molecule has 4 heterocycles. The van der Waals surface area contributed by atoms with E-state index in [2.05, 4.69) is 61.9 Å². The second kappa shape index (κ2) is 6.00. The van der Waals surface area contributed by atoms with Crippen LogP contribution in [0.25, 0.3) is 16.3 Å². The maximum absolute atomic E-state index is 4.76. The van der Waals surface area contributed by atoms with Gasteiger partial charge in [0.1, 0.15) is 5.65 Å². The lowest BCUT2D eigenvalue weighted by Crippen LogP contribution is -1.99. The highest BCUT2D eigenvalue weighted by atomic mass is 32.2. The maximum Gasteiger partial charge on any atom is 0.192 e. The van der Waals surface area contributed by atoms with Gasteiger partial charge in [0, 0.05) is 24.2 Å². The molecule has 7 heteroatoms. The van der Waals surface area contributed by atoms with Crippen molar-refractivity contribution in [1.82, 2.24) is 24.1 Å². The number of thioether (sulfide) groups is 1. The highest BCUT2D eigenvalue weighted by molar-refractivity contribution is 7.98. The number of aryl methyl sites for hydroxylation is 1. The lowest BCUT2D eigenvalue weighted by Gasteiger charge is -2.06. The van der Waals surface area contributed by atoms with E-state index in [-0.39, 0.29) is 0 Å². The van der Waals surface area contributed by atoms with Crippen LogP contribution < -0.4 is 0 Å². The highest BCUT2D eigenvalue weighted by Gasteiger charge is 2.30. The Morgan fingerprint density at radius 1 is 1.24 bits per heavy atom. The summed E-state index contributed by atoms with van der Waals surface area (Å²) in [6.45, 7) is 2.09. The quantitative estimate of drug-likeness (QED) is 0.484. The van der Waals surface area contributed by atoms with Crippen molar-refractivity contribution in [2.45, 2.75) is 36.7 Å². The van der Waals surface area contributed by atoms with E-state index in [1.807, 2.05) is 6.20 Å². The van der Waals surface area contributed by atoms with Crippen LogP contribution in [0.5, 0.6) is 0 Å². The third-order valence-corrected chi connectivity index (χ3v) is 6.24. The smallest absolute Gasteiger partial charge is 0.192 e. The summed E-state index contributed by atoms with van der Waals surface area (Å²) in [5.41, 5.74) is 3.29. The van der Waals surface area contributed by atoms with Gasteiger partial charge in [-0.3, -0.25) is 4.57 Å². The van der Waals surface area contributed by atoms with Crippen LogP contribution in [0.4, 0.5) is 0 Å². The summed E-state index contributed by atoms with van der Waals surface area (Å²) in [5.74, 6) is 1.81. The van der Waals surface area contributed by atoms with Crippen LogP contribution in [0, 0.1) is 6.92 Å². The number of hydrogen-bond acceptors (Lipinski definition) is 5. The molecule has 0 saturated heterocycles. The molecule has 0 aliphatic heterocycles. The Hall–Kier alpha value is -2.12. The van der Waals surface area contributed by atoms with E-state index in [4.69, 9.17) is 4.98 Å². The first-order valence-corrected chi connectivity index (χ1v) is 10.2. The molecule has 0 N–H and O–H groups in total. The van der Waals surface area contributed by atoms with Gasteiger partial charge in [0.25, 0.3) is 0 Å². The van der Waals surface area contributed by atoms with Crippen LogP contribution in [-0.4, -0.2) is 24.1 Å². The first kappa shape index (κ1) is 15.2. The van der Waals surface area contributed by atoms with Gasteiger partial charge < -0.3 is 4.40 Å². The van der Waals surface area contributed by atoms with Crippen molar-refractivity contribution in [3.8, 4) is 10.7 Å². The van der Waals surface area contributed by atoms with Gasteiger partial charge in [-0.1, -0.05) is 23.9 Å². The van der Waals surface area contributed by atoms with Crippen LogP contribution in [0.1, 0.15) is 30.1 Å². The van der Waals surface area contributed by atoms with Crippen molar-refractivity contribution in [2.75, 3.05) is 0 Å². The predicted molar refractivity (Wildman–Crippen MR) is 101 cm³/mol. The average molecular weight is 368 g/mol. The van der Waals surface area contributed by atoms with Gasteiger partial charge in [0.2, 0.25) is 0 Å². The van der Waals surface area contributed by atoms with Gasteiger partial charge in [-0.15, -0.1) is 21.5 Å². The minimum Gasteiger partial charge on any atom is -0.307 e. The molecule has 0 amide bonds. The molecule has 1 aliphatic carbocycles. The molecule has 25 heavy (non-hydrogen) atoms. The largest absolute Gasteiger partial charge is 0.307 e. The van der Waals surface area contributed by atoms with Gasteiger partial charge in [0.15, 0.2) is 11.0 Å². The summed E-state index contributed by atoms with van der Waals surface area (Å²) in [7, 11) is 0. The van der Waals surface area contributed by atoms with Crippen molar-refractivity contribution in [3.63, 3.8) is 0 Å². The van der Waals surface area contributed by atoms with Crippen LogP contribution >= 0.6 is 23.1 Å². The number of fused-ring (bicyclic) bond motifs is 1. The number of aromatic nitrogens is 5.